The molecule has 3 heterocycles. The molecule has 0 unspecified atom stereocenters. The van der Waals surface area contributed by atoms with Crippen molar-refractivity contribution in [2.75, 3.05) is 64.7 Å². The van der Waals surface area contributed by atoms with Gasteiger partial charge in [0, 0.05) is 37.1 Å². The average Bonchev–Trinajstić information content (AvgIpc) is 3.24. The molecule has 0 bridgehead atoms. The number of ether oxygens (including phenoxy) is 4. The number of benzene rings is 1. The van der Waals surface area contributed by atoms with Crippen LogP contribution in [0.3, 0.4) is 0 Å². The molecule has 0 radical (unpaired) electrons. The molecule has 11 nitrogen and oxygen atoms in total. The lowest BCUT2D eigenvalue weighted by molar-refractivity contribution is 0.0367. The maximum atomic E-state index is 6.04. The third-order valence-corrected chi connectivity index (χ3v) is 5.43. The Hall–Kier alpha value is -3.57. The maximum absolute atomic E-state index is 6.04. The summed E-state index contributed by atoms with van der Waals surface area (Å²) >= 11 is 0. The standard InChI is InChI=1S/C23H31N7O4/c1-31-18-15-17(26-23-27-22(24)30(28-23)20-7-3-4-8-25-20)16-19(32-2)21(18)34-12-6-5-9-29-10-13-33-14-11-29/h3-4,7-8,15-16H,5-6,9-14H2,1-2H3,(H3,24,26,27,28). The molecule has 0 aliphatic carbocycles. The molecule has 11 heteroatoms. The highest BCUT2D eigenvalue weighted by Crippen LogP contribution is 2.41. The van der Waals surface area contributed by atoms with Crippen molar-refractivity contribution in [2.45, 2.75) is 12.8 Å². The number of morpholine rings is 1. The van der Waals surface area contributed by atoms with E-state index in [9.17, 15) is 0 Å². The number of methoxy groups -OCH3 is 2. The van der Waals surface area contributed by atoms with Crippen LogP contribution >= 0.6 is 0 Å². The molecule has 182 valence electrons. The number of nitrogens with two attached hydrogens (primary N) is 1. The van der Waals surface area contributed by atoms with Crippen LogP contribution in [0, 0.1) is 0 Å². The molecule has 0 atom stereocenters. The van der Waals surface area contributed by atoms with Gasteiger partial charge >= 0.3 is 0 Å². The van der Waals surface area contributed by atoms with Crippen molar-refractivity contribution in [2.24, 2.45) is 0 Å². The van der Waals surface area contributed by atoms with Crippen molar-refractivity contribution in [3.8, 4) is 23.1 Å². The highest BCUT2D eigenvalue weighted by atomic mass is 16.5. The van der Waals surface area contributed by atoms with Crippen LogP contribution in [0.1, 0.15) is 12.8 Å². The largest absolute Gasteiger partial charge is 0.493 e. The van der Waals surface area contributed by atoms with Crippen LogP contribution in [0.4, 0.5) is 17.6 Å². The minimum Gasteiger partial charge on any atom is -0.493 e. The number of hydrogen-bond donors (Lipinski definition) is 2. The molecule has 3 N–H and O–H groups in total. The van der Waals surface area contributed by atoms with Gasteiger partial charge in [0.15, 0.2) is 17.3 Å². The molecular formula is C23H31N7O4. The minimum atomic E-state index is 0.220. The molecule has 2 aromatic heterocycles. The van der Waals surface area contributed by atoms with Crippen LogP contribution in [-0.4, -0.2) is 78.3 Å². The zero-order chi connectivity index (χ0) is 23.8. The van der Waals surface area contributed by atoms with Crippen LogP contribution in [0.15, 0.2) is 36.5 Å². The van der Waals surface area contributed by atoms with Gasteiger partial charge in [0.1, 0.15) is 0 Å². The van der Waals surface area contributed by atoms with Crippen molar-refractivity contribution in [3.05, 3.63) is 36.5 Å². The summed E-state index contributed by atoms with van der Waals surface area (Å²) in [6.07, 6.45) is 3.65. The van der Waals surface area contributed by atoms with Gasteiger partial charge in [-0.1, -0.05) is 6.07 Å². The minimum absolute atomic E-state index is 0.220. The van der Waals surface area contributed by atoms with E-state index in [1.165, 1.54) is 4.68 Å². The van der Waals surface area contributed by atoms with Gasteiger partial charge in [-0.15, -0.1) is 5.10 Å². The van der Waals surface area contributed by atoms with Gasteiger partial charge in [-0.05, 0) is 31.5 Å². The Morgan fingerprint density at radius 3 is 2.53 bits per heavy atom. The molecule has 1 saturated heterocycles. The number of pyridine rings is 1. The summed E-state index contributed by atoms with van der Waals surface area (Å²) in [5.74, 6) is 2.78. The third kappa shape index (κ3) is 5.86. The predicted octanol–water partition coefficient (Wildman–Crippen LogP) is 2.50. The van der Waals surface area contributed by atoms with E-state index in [4.69, 9.17) is 24.7 Å². The van der Waals surface area contributed by atoms with Crippen LogP contribution in [0.5, 0.6) is 17.2 Å². The molecule has 4 rings (SSSR count). The molecule has 34 heavy (non-hydrogen) atoms. The molecule has 0 spiro atoms. The molecular weight excluding hydrogens is 438 g/mol. The Bertz CT molecular complexity index is 1030. The fourth-order valence-corrected chi connectivity index (χ4v) is 3.68. The molecule has 1 fully saturated rings. The van der Waals surface area contributed by atoms with Crippen LogP contribution in [-0.2, 0) is 4.74 Å². The van der Waals surface area contributed by atoms with E-state index in [2.05, 4.69) is 25.3 Å². The summed E-state index contributed by atoms with van der Waals surface area (Å²) < 4.78 is 24.0. The summed E-state index contributed by atoms with van der Waals surface area (Å²) in [4.78, 5) is 10.9. The number of nitrogen functional groups attached to an aromatic ring is 1. The van der Waals surface area contributed by atoms with E-state index < -0.39 is 0 Å². The average molecular weight is 470 g/mol. The van der Waals surface area contributed by atoms with Crippen molar-refractivity contribution in [1.82, 2.24) is 24.6 Å². The first-order valence-electron chi connectivity index (χ1n) is 11.3. The molecule has 3 aromatic rings. The molecule has 1 aliphatic rings. The Kier molecular flexibility index (Phi) is 7.99. The van der Waals surface area contributed by atoms with E-state index in [0.717, 1.165) is 45.7 Å². The summed E-state index contributed by atoms with van der Waals surface area (Å²) in [7, 11) is 3.19. The summed E-state index contributed by atoms with van der Waals surface area (Å²) in [5, 5.41) is 7.54. The van der Waals surface area contributed by atoms with Gasteiger partial charge in [0.2, 0.25) is 17.6 Å². The van der Waals surface area contributed by atoms with Crippen molar-refractivity contribution in [1.29, 1.82) is 0 Å². The number of anilines is 3. The van der Waals surface area contributed by atoms with Gasteiger partial charge in [-0.2, -0.15) is 9.67 Å². The Labute approximate surface area is 198 Å². The van der Waals surface area contributed by atoms with Crippen molar-refractivity contribution < 1.29 is 18.9 Å². The Morgan fingerprint density at radius 1 is 1.09 bits per heavy atom. The maximum Gasteiger partial charge on any atom is 0.248 e. The molecule has 0 amide bonds. The molecule has 1 aromatic carbocycles. The first-order chi connectivity index (χ1) is 16.7. The van der Waals surface area contributed by atoms with E-state index >= 15 is 0 Å². The van der Waals surface area contributed by atoms with Crippen LogP contribution in [0.2, 0.25) is 0 Å². The zero-order valence-electron chi connectivity index (χ0n) is 19.6. The second kappa shape index (κ2) is 11.5. The number of unbranched alkanes of at least 4 members (excludes halogenated alkanes) is 1. The highest BCUT2D eigenvalue weighted by Gasteiger charge is 2.17. The van der Waals surface area contributed by atoms with Crippen LogP contribution < -0.4 is 25.3 Å². The van der Waals surface area contributed by atoms with Gasteiger partial charge < -0.3 is 30.0 Å². The number of hydrogen-bond acceptors (Lipinski definition) is 10. The summed E-state index contributed by atoms with van der Waals surface area (Å²) in [6, 6.07) is 9.09. The first-order valence-corrected chi connectivity index (χ1v) is 11.3. The van der Waals surface area contributed by atoms with E-state index in [-0.39, 0.29) is 5.95 Å². The van der Waals surface area contributed by atoms with Gasteiger partial charge in [-0.25, -0.2) is 4.98 Å². The number of rotatable bonds is 11. The number of nitrogens with one attached hydrogen (secondary N) is 1. The Balaban J connectivity index is 1.40. The van der Waals surface area contributed by atoms with Gasteiger partial charge in [-0.3, -0.25) is 4.90 Å². The van der Waals surface area contributed by atoms with Gasteiger partial charge in [0.05, 0.1) is 34.0 Å². The third-order valence-electron chi connectivity index (χ3n) is 5.43. The van der Waals surface area contributed by atoms with E-state index in [1.54, 1.807) is 26.5 Å². The SMILES string of the molecule is COc1cc(Nc2nc(N)n(-c3ccccn3)n2)cc(OC)c1OCCCCN1CCOCC1. The molecule has 1 aliphatic heterocycles. The lowest BCUT2D eigenvalue weighted by Gasteiger charge is -2.26. The lowest BCUT2D eigenvalue weighted by Crippen LogP contribution is -2.36. The summed E-state index contributed by atoms with van der Waals surface area (Å²) in [5.41, 5.74) is 6.69. The second-order valence-electron chi connectivity index (χ2n) is 7.74. The predicted molar refractivity (Wildman–Crippen MR) is 128 cm³/mol. The summed E-state index contributed by atoms with van der Waals surface area (Å²) in [6.45, 7) is 5.24. The quantitative estimate of drug-likeness (QED) is 0.405. The number of aromatic nitrogens is 4. The lowest BCUT2D eigenvalue weighted by atomic mass is 10.2. The van der Waals surface area contributed by atoms with Crippen LogP contribution in [0.25, 0.3) is 5.82 Å². The van der Waals surface area contributed by atoms with Crippen molar-refractivity contribution >= 4 is 17.6 Å². The topological polar surface area (TPSA) is 122 Å². The van der Waals surface area contributed by atoms with Crippen molar-refractivity contribution in [3.63, 3.8) is 0 Å². The van der Waals surface area contributed by atoms with E-state index in [0.29, 0.717) is 41.3 Å². The molecule has 0 saturated carbocycles. The zero-order valence-corrected chi connectivity index (χ0v) is 19.6. The van der Waals surface area contributed by atoms with E-state index in [1.807, 2.05) is 24.3 Å². The smallest absolute Gasteiger partial charge is 0.248 e. The normalized spacial score (nSPS) is 14.1. The first kappa shape index (κ1) is 23.6. The number of nitrogens with zero attached hydrogens (tertiary/aromatic N) is 5. The fraction of sp³-hybridized carbons (Fsp3) is 0.435. The second-order valence-corrected chi connectivity index (χ2v) is 7.74. The monoisotopic (exact) mass is 469 g/mol. The fourth-order valence-electron chi connectivity index (χ4n) is 3.68. The van der Waals surface area contributed by atoms with Gasteiger partial charge in [0.25, 0.3) is 0 Å². The Morgan fingerprint density at radius 2 is 1.85 bits per heavy atom. The highest BCUT2D eigenvalue weighted by molar-refractivity contribution is 5.66.